The van der Waals surface area contributed by atoms with Crippen molar-refractivity contribution < 1.29 is 22.7 Å². The van der Waals surface area contributed by atoms with E-state index in [2.05, 4.69) is 4.72 Å². The highest BCUT2D eigenvalue weighted by Crippen LogP contribution is 2.30. The Morgan fingerprint density at radius 1 is 1.00 bits per heavy atom. The molecule has 0 spiro atoms. The van der Waals surface area contributed by atoms with Crippen LogP contribution in [0.15, 0.2) is 47.4 Å². The molecule has 0 aliphatic carbocycles. The Hall–Kier alpha value is -2.74. The van der Waals surface area contributed by atoms with Gasteiger partial charge >= 0.3 is 0 Å². The average molecular weight is 392 g/mol. The number of amides is 1. The number of benzene rings is 2. The lowest BCUT2D eigenvalue weighted by Gasteiger charge is -2.18. The summed E-state index contributed by atoms with van der Waals surface area (Å²) in [5.41, 5.74) is 0.737. The molecular formula is C19H24N2O5S. The predicted molar refractivity (Wildman–Crippen MR) is 104 cm³/mol. The van der Waals surface area contributed by atoms with Crippen LogP contribution in [0.25, 0.3) is 0 Å². The molecule has 0 saturated carbocycles. The van der Waals surface area contributed by atoms with Gasteiger partial charge in [0.1, 0.15) is 11.5 Å². The van der Waals surface area contributed by atoms with Crippen LogP contribution in [0.2, 0.25) is 0 Å². The number of anilines is 1. The molecule has 0 fully saturated rings. The fourth-order valence-electron chi connectivity index (χ4n) is 2.56. The summed E-state index contributed by atoms with van der Waals surface area (Å²) in [6.07, 6.45) is 0. The molecule has 0 saturated heterocycles. The van der Waals surface area contributed by atoms with Crippen LogP contribution in [-0.2, 0) is 10.0 Å². The number of nitrogens with one attached hydrogen (secondary N) is 1. The predicted octanol–water partition coefficient (Wildman–Crippen LogP) is 2.99. The molecule has 0 bridgehead atoms. The van der Waals surface area contributed by atoms with Gasteiger partial charge in [0, 0.05) is 24.7 Å². The first-order chi connectivity index (χ1) is 12.9. The molecule has 0 unspecified atom stereocenters. The zero-order valence-corrected chi connectivity index (χ0v) is 16.7. The van der Waals surface area contributed by atoms with Crippen LogP contribution in [0.3, 0.4) is 0 Å². The van der Waals surface area contributed by atoms with E-state index in [0.29, 0.717) is 35.8 Å². The van der Waals surface area contributed by atoms with Crippen molar-refractivity contribution in [2.45, 2.75) is 18.7 Å². The van der Waals surface area contributed by atoms with Crippen molar-refractivity contribution in [1.29, 1.82) is 0 Å². The van der Waals surface area contributed by atoms with Crippen LogP contribution >= 0.6 is 0 Å². The first-order valence-electron chi connectivity index (χ1n) is 8.50. The Labute approximate surface area is 160 Å². The van der Waals surface area contributed by atoms with Gasteiger partial charge in [0.15, 0.2) is 0 Å². The smallest absolute Gasteiger partial charge is 0.262 e. The quantitative estimate of drug-likeness (QED) is 0.746. The van der Waals surface area contributed by atoms with Crippen LogP contribution in [-0.4, -0.2) is 46.5 Å². The van der Waals surface area contributed by atoms with Crippen molar-refractivity contribution in [2.24, 2.45) is 0 Å². The third-order valence-corrected chi connectivity index (χ3v) is 5.50. The van der Waals surface area contributed by atoms with Crippen LogP contribution in [0, 0.1) is 0 Å². The van der Waals surface area contributed by atoms with E-state index in [1.807, 2.05) is 13.8 Å². The third-order valence-electron chi connectivity index (χ3n) is 4.12. The summed E-state index contributed by atoms with van der Waals surface area (Å²) >= 11 is 0. The van der Waals surface area contributed by atoms with E-state index in [4.69, 9.17) is 9.47 Å². The molecule has 0 aliphatic heterocycles. The zero-order valence-electron chi connectivity index (χ0n) is 15.9. The second-order valence-corrected chi connectivity index (χ2v) is 7.36. The van der Waals surface area contributed by atoms with Crippen LogP contribution < -0.4 is 14.2 Å². The number of ether oxygens (including phenoxy) is 2. The lowest BCUT2D eigenvalue weighted by Crippen LogP contribution is -2.30. The molecule has 2 aromatic rings. The molecule has 2 aromatic carbocycles. The van der Waals surface area contributed by atoms with Gasteiger partial charge in [0.2, 0.25) is 0 Å². The van der Waals surface area contributed by atoms with Gasteiger partial charge in [-0.15, -0.1) is 0 Å². The fraction of sp³-hybridized carbons (Fsp3) is 0.316. The maximum absolute atomic E-state index is 12.7. The first kappa shape index (κ1) is 20.6. The summed E-state index contributed by atoms with van der Waals surface area (Å²) in [6.45, 7) is 4.97. The topological polar surface area (TPSA) is 84.9 Å². The summed E-state index contributed by atoms with van der Waals surface area (Å²) in [5, 5.41) is 0. The maximum atomic E-state index is 12.7. The maximum Gasteiger partial charge on any atom is 0.262 e. The highest BCUT2D eigenvalue weighted by Gasteiger charge is 2.19. The summed E-state index contributed by atoms with van der Waals surface area (Å²) in [4.78, 5) is 14.1. The number of sulfonamides is 1. The Kier molecular flexibility index (Phi) is 6.68. The monoisotopic (exact) mass is 392 g/mol. The summed E-state index contributed by atoms with van der Waals surface area (Å²) < 4.78 is 38.1. The normalized spacial score (nSPS) is 11.0. The molecule has 0 heterocycles. The minimum Gasteiger partial charge on any atom is -0.497 e. The van der Waals surface area contributed by atoms with Gasteiger partial charge < -0.3 is 14.4 Å². The SMILES string of the molecule is CCN(CC)C(=O)c1ccc(S(=O)(=O)Nc2ccc(OC)cc2OC)cc1. The Balaban J connectivity index is 2.26. The number of hydrogen-bond donors (Lipinski definition) is 1. The van der Waals surface area contributed by atoms with Crippen molar-refractivity contribution in [2.75, 3.05) is 32.0 Å². The molecule has 0 aromatic heterocycles. The highest BCUT2D eigenvalue weighted by atomic mass is 32.2. The number of carbonyl (C=O) groups excluding carboxylic acids is 1. The Bertz CT molecular complexity index is 891. The van der Waals surface area contributed by atoms with E-state index in [-0.39, 0.29) is 10.8 Å². The summed E-state index contributed by atoms with van der Waals surface area (Å²) in [7, 11) is -0.877. The molecule has 0 aliphatic rings. The average Bonchev–Trinajstić information content (AvgIpc) is 2.69. The standard InChI is InChI=1S/C19H24N2O5S/c1-5-21(6-2)19(22)14-7-10-16(11-8-14)27(23,24)20-17-12-9-15(25-3)13-18(17)26-4/h7-13,20H,5-6H2,1-4H3. The Morgan fingerprint density at radius 3 is 2.15 bits per heavy atom. The largest absolute Gasteiger partial charge is 0.497 e. The molecule has 146 valence electrons. The van der Waals surface area contributed by atoms with E-state index in [9.17, 15) is 13.2 Å². The van der Waals surface area contributed by atoms with E-state index >= 15 is 0 Å². The molecule has 0 radical (unpaired) electrons. The minimum absolute atomic E-state index is 0.0523. The molecule has 7 nitrogen and oxygen atoms in total. The second kappa shape index (κ2) is 8.77. The van der Waals surface area contributed by atoms with Gasteiger partial charge in [-0.3, -0.25) is 9.52 Å². The van der Waals surface area contributed by atoms with Crippen LogP contribution in [0.4, 0.5) is 5.69 Å². The van der Waals surface area contributed by atoms with Crippen molar-refractivity contribution in [3.05, 3.63) is 48.0 Å². The number of methoxy groups -OCH3 is 2. The lowest BCUT2D eigenvalue weighted by atomic mass is 10.2. The Morgan fingerprint density at radius 2 is 1.63 bits per heavy atom. The van der Waals surface area contributed by atoms with Crippen LogP contribution in [0.1, 0.15) is 24.2 Å². The molecule has 27 heavy (non-hydrogen) atoms. The van der Waals surface area contributed by atoms with Gasteiger partial charge in [-0.25, -0.2) is 8.42 Å². The molecule has 2 rings (SSSR count). The van der Waals surface area contributed by atoms with Gasteiger partial charge in [-0.1, -0.05) is 0 Å². The summed E-state index contributed by atoms with van der Waals surface area (Å²) in [6, 6.07) is 10.6. The second-order valence-electron chi connectivity index (χ2n) is 5.67. The lowest BCUT2D eigenvalue weighted by molar-refractivity contribution is 0.0773. The van der Waals surface area contributed by atoms with Crippen molar-refractivity contribution >= 4 is 21.6 Å². The fourth-order valence-corrected chi connectivity index (χ4v) is 3.63. The molecular weight excluding hydrogens is 368 g/mol. The third kappa shape index (κ3) is 4.71. The summed E-state index contributed by atoms with van der Waals surface area (Å²) in [5.74, 6) is 0.758. The van der Waals surface area contributed by atoms with Gasteiger partial charge in [-0.05, 0) is 50.2 Å². The number of nitrogens with zero attached hydrogens (tertiary/aromatic N) is 1. The van der Waals surface area contributed by atoms with Crippen molar-refractivity contribution in [3.8, 4) is 11.5 Å². The van der Waals surface area contributed by atoms with E-state index in [0.717, 1.165) is 0 Å². The van der Waals surface area contributed by atoms with Gasteiger partial charge in [-0.2, -0.15) is 0 Å². The van der Waals surface area contributed by atoms with Crippen LogP contribution in [0.5, 0.6) is 11.5 Å². The van der Waals surface area contributed by atoms with E-state index < -0.39 is 10.0 Å². The van der Waals surface area contributed by atoms with Crippen molar-refractivity contribution in [1.82, 2.24) is 4.90 Å². The number of carbonyl (C=O) groups is 1. The van der Waals surface area contributed by atoms with Crippen molar-refractivity contribution in [3.63, 3.8) is 0 Å². The number of hydrogen-bond acceptors (Lipinski definition) is 5. The number of rotatable bonds is 8. The van der Waals surface area contributed by atoms with E-state index in [1.165, 1.54) is 38.5 Å². The molecule has 8 heteroatoms. The van der Waals surface area contributed by atoms with Gasteiger partial charge in [0.25, 0.3) is 15.9 Å². The highest BCUT2D eigenvalue weighted by molar-refractivity contribution is 7.92. The molecule has 0 atom stereocenters. The molecule has 1 N–H and O–H groups in total. The first-order valence-corrected chi connectivity index (χ1v) is 9.98. The molecule has 1 amide bonds. The zero-order chi connectivity index (χ0) is 20.0. The van der Waals surface area contributed by atoms with E-state index in [1.54, 1.807) is 23.1 Å². The minimum atomic E-state index is -3.84. The van der Waals surface area contributed by atoms with Gasteiger partial charge in [0.05, 0.1) is 24.8 Å².